The molecule has 0 aromatic rings. The molecule has 0 aromatic heterocycles. The molecule has 0 amide bonds. The SMILES string of the molecule is COC(=O)[C@@](C)(CC=O)C(C)[N+](=O)[O-]. The summed E-state index contributed by atoms with van der Waals surface area (Å²) in [5, 5.41) is 10.5. The topological polar surface area (TPSA) is 86.5 Å². The second-order valence-electron chi connectivity index (χ2n) is 3.24. The van der Waals surface area contributed by atoms with Gasteiger partial charge in [-0.2, -0.15) is 0 Å². The second-order valence-corrected chi connectivity index (χ2v) is 3.24. The lowest BCUT2D eigenvalue weighted by atomic mass is 9.81. The van der Waals surface area contributed by atoms with E-state index in [9.17, 15) is 19.7 Å². The molecule has 0 spiro atoms. The Morgan fingerprint density at radius 1 is 1.71 bits per heavy atom. The van der Waals surface area contributed by atoms with Crippen LogP contribution in [0.15, 0.2) is 0 Å². The largest absolute Gasteiger partial charge is 0.468 e. The zero-order chi connectivity index (χ0) is 11.4. The van der Waals surface area contributed by atoms with Gasteiger partial charge in [-0.15, -0.1) is 0 Å². The second kappa shape index (κ2) is 4.69. The monoisotopic (exact) mass is 203 g/mol. The summed E-state index contributed by atoms with van der Waals surface area (Å²) in [7, 11) is 1.14. The molecular formula is C8H13NO5. The quantitative estimate of drug-likeness (QED) is 0.279. The Balaban J connectivity index is 4.97. The van der Waals surface area contributed by atoms with Gasteiger partial charge in [-0.3, -0.25) is 14.9 Å². The molecule has 0 radical (unpaired) electrons. The molecule has 1 unspecified atom stereocenters. The van der Waals surface area contributed by atoms with E-state index in [4.69, 9.17) is 0 Å². The van der Waals surface area contributed by atoms with Crippen LogP contribution >= 0.6 is 0 Å². The highest BCUT2D eigenvalue weighted by atomic mass is 16.6. The average molecular weight is 203 g/mol. The first-order valence-corrected chi connectivity index (χ1v) is 4.05. The maximum atomic E-state index is 11.3. The normalized spacial score (nSPS) is 16.5. The van der Waals surface area contributed by atoms with E-state index < -0.39 is 22.3 Å². The lowest BCUT2D eigenvalue weighted by Crippen LogP contribution is -2.43. The Bertz CT molecular complexity index is 252. The molecule has 0 saturated heterocycles. The van der Waals surface area contributed by atoms with Gasteiger partial charge in [-0.25, -0.2) is 0 Å². The maximum Gasteiger partial charge on any atom is 0.318 e. The smallest absolute Gasteiger partial charge is 0.318 e. The number of ether oxygens (including phenoxy) is 1. The van der Waals surface area contributed by atoms with Crippen molar-refractivity contribution in [3.05, 3.63) is 10.1 Å². The number of aldehydes is 1. The van der Waals surface area contributed by atoms with Gasteiger partial charge in [0, 0.05) is 18.3 Å². The highest BCUT2D eigenvalue weighted by Crippen LogP contribution is 2.28. The number of hydrogen-bond acceptors (Lipinski definition) is 5. The summed E-state index contributed by atoms with van der Waals surface area (Å²) in [6.45, 7) is 2.63. The molecule has 6 nitrogen and oxygen atoms in total. The fraction of sp³-hybridized carbons (Fsp3) is 0.750. The number of hydrogen-bond donors (Lipinski definition) is 0. The van der Waals surface area contributed by atoms with Crippen molar-refractivity contribution in [2.24, 2.45) is 5.41 Å². The molecule has 0 rings (SSSR count). The van der Waals surface area contributed by atoms with Crippen molar-refractivity contribution in [1.82, 2.24) is 0 Å². The van der Waals surface area contributed by atoms with E-state index in [0.29, 0.717) is 6.29 Å². The third-order valence-electron chi connectivity index (χ3n) is 2.40. The minimum absolute atomic E-state index is 0.220. The molecule has 0 bridgehead atoms. The van der Waals surface area contributed by atoms with Crippen LogP contribution in [0.5, 0.6) is 0 Å². The summed E-state index contributed by atoms with van der Waals surface area (Å²) in [6.07, 6.45) is 0.263. The first-order chi connectivity index (χ1) is 6.40. The van der Waals surface area contributed by atoms with Gasteiger partial charge in [0.2, 0.25) is 6.04 Å². The van der Waals surface area contributed by atoms with E-state index in [-0.39, 0.29) is 6.42 Å². The standard InChI is InChI=1S/C8H13NO5/c1-6(9(12)13)8(2,4-5-10)7(11)14-3/h5-6H,4H2,1-3H3/t6?,8-/m0/s1. The minimum Gasteiger partial charge on any atom is -0.468 e. The molecule has 0 fully saturated rings. The van der Waals surface area contributed by atoms with Gasteiger partial charge in [-0.1, -0.05) is 0 Å². The van der Waals surface area contributed by atoms with Gasteiger partial charge >= 0.3 is 5.97 Å². The Morgan fingerprint density at radius 3 is 2.50 bits per heavy atom. The molecule has 0 N–H and O–H groups in total. The van der Waals surface area contributed by atoms with Crippen LogP contribution < -0.4 is 0 Å². The summed E-state index contributed by atoms with van der Waals surface area (Å²) in [5.41, 5.74) is -1.39. The van der Waals surface area contributed by atoms with E-state index in [1.54, 1.807) is 0 Å². The number of carbonyl (C=O) groups is 2. The number of nitrogens with zero attached hydrogens (tertiary/aromatic N) is 1. The van der Waals surface area contributed by atoms with Crippen LogP contribution in [0, 0.1) is 15.5 Å². The van der Waals surface area contributed by atoms with Crippen molar-refractivity contribution in [2.45, 2.75) is 26.3 Å². The molecule has 0 saturated carbocycles. The third kappa shape index (κ3) is 2.27. The van der Waals surface area contributed by atoms with Crippen LogP contribution in [0.3, 0.4) is 0 Å². The minimum atomic E-state index is -1.39. The van der Waals surface area contributed by atoms with Gasteiger partial charge < -0.3 is 9.53 Å². The first kappa shape index (κ1) is 12.5. The molecule has 6 heteroatoms. The fourth-order valence-corrected chi connectivity index (χ4v) is 1.06. The molecule has 0 aliphatic carbocycles. The van der Waals surface area contributed by atoms with Gasteiger partial charge in [-0.05, 0) is 6.92 Å². The van der Waals surface area contributed by atoms with Crippen molar-refractivity contribution in [3.8, 4) is 0 Å². The van der Waals surface area contributed by atoms with Crippen LogP contribution in [0.25, 0.3) is 0 Å². The molecule has 0 aliphatic heterocycles. The Labute approximate surface area is 81.4 Å². The molecule has 2 atom stereocenters. The Hall–Kier alpha value is -1.46. The molecule has 14 heavy (non-hydrogen) atoms. The Morgan fingerprint density at radius 2 is 2.21 bits per heavy atom. The van der Waals surface area contributed by atoms with Crippen molar-refractivity contribution in [2.75, 3.05) is 7.11 Å². The van der Waals surface area contributed by atoms with Crippen LogP contribution in [0.2, 0.25) is 0 Å². The van der Waals surface area contributed by atoms with Crippen LogP contribution in [0.1, 0.15) is 20.3 Å². The summed E-state index contributed by atoms with van der Waals surface area (Å²) in [5.74, 6) is -0.742. The van der Waals surface area contributed by atoms with E-state index in [1.165, 1.54) is 13.8 Å². The molecular weight excluding hydrogens is 190 g/mol. The molecule has 0 heterocycles. The predicted octanol–water partition coefficient (Wildman–Crippen LogP) is 0.420. The van der Waals surface area contributed by atoms with Crippen molar-refractivity contribution < 1.29 is 19.2 Å². The van der Waals surface area contributed by atoms with Gasteiger partial charge in [0.1, 0.15) is 11.7 Å². The van der Waals surface area contributed by atoms with E-state index in [2.05, 4.69) is 4.74 Å². The van der Waals surface area contributed by atoms with Crippen molar-refractivity contribution >= 4 is 12.3 Å². The molecule has 80 valence electrons. The van der Waals surface area contributed by atoms with E-state index >= 15 is 0 Å². The summed E-state index contributed by atoms with van der Waals surface area (Å²) < 4.78 is 4.44. The maximum absolute atomic E-state index is 11.3. The molecule has 0 aliphatic rings. The number of esters is 1. The third-order valence-corrected chi connectivity index (χ3v) is 2.40. The number of carbonyl (C=O) groups excluding carboxylic acids is 2. The van der Waals surface area contributed by atoms with Crippen molar-refractivity contribution in [3.63, 3.8) is 0 Å². The predicted molar refractivity (Wildman–Crippen MR) is 47.3 cm³/mol. The Kier molecular flexibility index (Phi) is 4.20. The van der Waals surface area contributed by atoms with E-state index in [0.717, 1.165) is 7.11 Å². The van der Waals surface area contributed by atoms with Crippen LogP contribution in [-0.2, 0) is 14.3 Å². The first-order valence-electron chi connectivity index (χ1n) is 4.05. The zero-order valence-electron chi connectivity index (χ0n) is 8.35. The van der Waals surface area contributed by atoms with Crippen LogP contribution in [-0.4, -0.2) is 30.3 Å². The highest BCUT2D eigenvalue weighted by molar-refractivity contribution is 5.80. The summed E-state index contributed by atoms with van der Waals surface area (Å²) in [6, 6.07) is -1.15. The zero-order valence-corrected chi connectivity index (χ0v) is 8.35. The highest BCUT2D eigenvalue weighted by Gasteiger charge is 2.47. The number of rotatable bonds is 5. The molecule has 0 aromatic carbocycles. The van der Waals surface area contributed by atoms with Crippen molar-refractivity contribution in [1.29, 1.82) is 0 Å². The van der Waals surface area contributed by atoms with Gasteiger partial charge in [0.05, 0.1) is 7.11 Å². The lowest BCUT2D eigenvalue weighted by Gasteiger charge is -2.24. The number of methoxy groups -OCH3 is 1. The van der Waals surface area contributed by atoms with E-state index in [1.807, 2.05) is 0 Å². The summed E-state index contributed by atoms with van der Waals surface area (Å²) in [4.78, 5) is 31.5. The van der Waals surface area contributed by atoms with Crippen LogP contribution in [0.4, 0.5) is 0 Å². The lowest BCUT2D eigenvalue weighted by molar-refractivity contribution is -0.533. The number of nitro groups is 1. The van der Waals surface area contributed by atoms with Gasteiger partial charge in [0.15, 0.2) is 0 Å². The summed E-state index contributed by atoms with van der Waals surface area (Å²) >= 11 is 0. The average Bonchev–Trinajstić information content (AvgIpc) is 2.15. The van der Waals surface area contributed by atoms with Gasteiger partial charge in [0.25, 0.3) is 0 Å². The fourth-order valence-electron chi connectivity index (χ4n) is 1.06.